The van der Waals surface area contributed by atoms with Crippen LogP contribution < -0.4 is 15.6 Å². The third kappa shape index (κ3) is 8.21. The van der Waals surface area contributed by atoms with Crippen LogP contribution in [0, 0.1) is 17.6 Å². The summed E-state index contributed by atoms with van der Waals surface area (Å²) in [6, 6.07) is 3.40. The van der Waals surface area contributed by atoms with E-state index in [1.54, 1.807) is 0 Å². The topological polar surface area (TPSA) is 172 Å². The number of carbonyl (C=O) groups excluding carboxylic acids is 1. The van der Waals surface area contributed by atoms with E-state index in [4.69, 9.17) is 11.6 Å². The molecule has 3 aliphatic rings. The van der Waals surface area contributed by atoms with Gasteiger partial charge in [-0.05, 0) is 61.1 Å². The molecule has 0 radical (unpaired) electrons. The number of anilines is 1. The summed E-state index contributed by atoms with van der Waals surface area (Å²) < 4.78 is 189. The average Bonchev–Trinajstić information content (AvgIpc) is 4.14. The van der Waals surface area contributed by atoms with E-state index in [2.05, 4.69) is 35.2 Å². The Balaban J connectivity index is 1.26. The Hall–Kier alpha value is -6.18. The third-order valence-corrected chi connectivity index (χ3v) is 13.3. The van der Waals surface area contributed by atoms with Crippen LogP contribution in [0.25, 0.3) is 28.1 Å². The smallest absolute Gasteiger partial charge is 0.344 e. The van der Waals surface area contributed by atoms with E-state index in [0.717, 1.165) is 24.3 Å². The molecule has 27 heteroatoms. The zero-order chi connectivity index (χ0) is 47.4. The number of sulfonamides is 1. The minimum absolute atomic E-state index is 0.110. The summed E-state index contributed by atoms with van der Waals surface area (Å²) in [6.45, 7) is -2.46. The van der Waals surface area contributed by atoms with Crippen molar-refractivity contribution in [3.8, 4) is 17.2 Å². The molecule has 0 saturated heterocycles. The van der Waals surface area contributed by atoms with Crippen LogP contribution in [0.5, 0.6) is 0 Å². The van der Waals surface area contributed by atoms with Gasteiger partial charge in [-0.2, -0.15) is 32.1 Å². The van der Waals surface area contributed by atoms with Crippen LogP contribution in [0.3, 0.4) is 0 Å². The van der Waals surface area contributed by atoms with Crippen molar-refractivity contribution in [3.63, 3.8) is 0 Å². The number of fused-ring (bicyclic) bond motifs is 4. The molecular weight excluding hydrogens is 949 g/mol. The van der Waals surface area contributed by atoms with Crippen molar-refractivity contribution in [1.82, 2.24) is 44.4 Å². The third-order valence-electron chi connectivity index (χ3n) is 11.2. The summed E-state index contributed by atoms with van der Waals surface area (Å²) in [4.78, 5) is 40.3. The highest BCUT2D eigenvalue weighted by Crippen LogP contribution is 2.68. The Kier molecular flexibility index (Phi) is 10.9. The van der Waals surface area contributed by atoms with E-state index in [-0.39, 0.29) is 35.2 Å². The van der Waals surface area contributed by atoms with Crippen molar-refractivity contribution >= 4 is 44.3 Å². The Morgan fingerprint density at radius 2 is 1.68 bits per heavy atom. The molecule has 0 bridgehead atoms. The number of hydrogen-bond acceptors (Lipinski definition) is 9. The molecule has 2 fully saturated rings. The van der Waals surface area contributed by atoms with Crippen LogP contribution in [0.4, 0.5) is 54.1 Å². The number of halogens is 12. The van der Waals surface area contributed by atoms with Crippen molar-refractivity contribution in [2.45, 2.75) is 80.9 Å². The number of nitrogens with one attached hydrogen (secondary N) is 2. The first-order chi connectivity index (χ1) is 31.0. The molecule has 0 spiro atoms. The standard InChI is InChI=1S/C39H28ClF11N10O4S/c40-21-3-4-24(32-30(21)36(57-59(32)13-26(43)44)58-66(64,65)18-1-2-18)61-28(63)12-22(35-52-6-5-25(55-35)39(49,50)51)54-37(61)23(9-15-7-16(41)10-17(42)8-15)53-27(62)14-60-33-29(31(56-60)34(45)46)19-11-20(19)38(33,47)48/h3-8,10,12,18-20,23,26,34H,1-2,9,11,13-14H2,(H,53,62)(H,57,58)/t19-,20+,23-/m0/s1. The molecule has 4 aromatic heterocycles. The maximum absolute atomic E-state index is 15.5. The fourth-order valence-electron chi connectivity index (χ4n) is 8.23. The van der Waals surface area contributed by atoms with Gasteiger partial charge in [-0.25, -0.2) is 49.7 Å². The summed E-state index contributed by atoms with van der Waals surface area (Å²) in [6.07, 6.45) is -11.3. The lowest BCUT2D eigenvalue weighted by Crippen LogP contribution is -2.38. The fourth-order valence-corrected chi connectivity index (χ4v) is 9.81. The van der Waals surface area contributed by atoms with Gasteiger partial charge in [0.2, 0.25) is 15.9 Å². The van der Waals surface area contributed by atoms with Crippen LogP contribution in [0.2, 0.25) is 5.02 Å². The largest absolute Gasteiger partial charge is 0.433 e. The second-order valence-corrected chi connectivity index (χ2v) is 18.1. The molecule has 4 heterocycles. The number of nitrogens with zero attached hydrogens (tertiary/aromatic N) is 8. The molecule has 348 valence electrons. The Labute approximate surface area is 367 Å². The number of carbonyl (C=O) groups is 1. The number of hydrogen-bond donors (Lipinski definition) is 2. The summed E-state index contributed by atoms with van der Waals surface area (Å²) in [7, 11) is -4.17. The highest BCUT2D eigenvalue weighted by Gasteiger charge is 2.67. The van der Waals surface area contributed by atoms with Crippen LogP contribution in [0.15, 0.2) is 53.5 Å². The van der Waals surface area contributed by atoms with E-state index in [0.29, 0.717) is 38.3 Å². The molecule has 9 rings (SSSR count). The number of rotatable bonds is 14. The van der Waals surface area contributed by atoms with Crippen LogP contribution in [-0.4, -0.2) is 65.1 Å². The van der Waals surface area contributed by atoms with Crippen molar-refractivity contribution in [1.29, 1.82) is 0 Å². The number of amides is 1. The maximum Gasteiger partial charge on any atom is 0.433 e. The summed E-state index contributed by atoms with van der Waals surface area (Å²) in [5, 5.41) is 8.56. The zero-order valence-electron chi connectivity index (χ0n) is 33.0. The molecule has 0 unspecified atom stereocenters. The van der Waals surface area contributed by atoms with Gasteiger partial charge in [0.05, 0.1) is 32.9 Å². The minimum Gasteiger partial charge on any atom is -0.344 e. The first-order valence-corrected chi connectivity index (χ1v) is 21.5. The average molecular weight is 977 g/mol. The Morgan fingerprint density at radius 1 is 0.970 bits per heavy atom. The Morgan fingerprint density at radius 3 is 2.33 bits per heavy atom. The van der Waals surface area contributed by atoms with E-state index >= 15 is 8.78 Å². The second kappa shape index (κ2) is 16.0. The van der Waals surface area contributed by atoms with Crippen molar-refractivity contribution in [2.75, 3.05) is 4.72 Å². The Bertz CT molecular complexity index is 3120. The molecule has 2 saturated carbocycles. The van der Waals surface area contributed by atoms with Gasteiger partial charge in [0, 0.05) is 36.2 Å². The molecule has 1 amide bonds. The number of alkyl halides is 9. The van der Waals surface area contributed by atoms with Gasteiger partial charge >= 0.3 is 6.18 Å². The van der Waals surface area contributed by atoms with Gasteiger partial charge in [0.15, 0.2) is 11.6 Å². The molecule has 3 aliphatic carbocycles. The fraction of sp³-hybridized carbons (Fsp3) is 0.359. The number of aromatic nitrogens is 8. The zero-order valence-corrected chi connectivity index (χ0v) is 34.6. The van der Waals surface area contributed by atoms with Gasteiger partial charge in [-0.15, -0.1) is 0 Å². The van der Waals surface area contributed by atoms with E-state index in [1.165, 1.54) is 0 Å². The first-order valence-electron chi connectivity index (χ1n) is 19.6. The lowest BCUT2D eigenvalue weighted by atomic mass is 10.0. The van der Waals surface area contributed by atoms with E-state index in [9.17, 15) is 57.5 Å². The van der Waals surface area contributed by atoms with Crippen LogP contribution >= 0.6 is 11.6 Å². The van der Waals surface area contributed by atoms with Gasteiger partial charge in [0.1, 0.15) is 53.3 Å². The molecule has 14 nitrogen and oxygen atoms in total. The van der Waals surface area contributed by atoms with Crippen molar-refractivity contribution in [3.05, 3.63) is 110 Å². The van der Waals surface area contributed by atoms with Crippen LogP contribution in [0.1, 0.15) is 71.7 Å². The highest BCUT2D eigenvalue weighted by atomic mass is 35.5. The SMILES string of the molecule is O=C(Cn1nc(C(F)F)c2c1C(F)(F)[C@@H]1C[C@H]21)N[C@@H](Cc1cc(F)cc(F)c1)c1nc(-c2nccc(C(F)(F)F)n2)cc(=O)n1-c1ccc(Cl)c2c(NS(=O)(=O)C3CC3)nn(CC(F)F)c12. The summed E-state index contributed by atoms with van der Waals surface area (Å²) >= 11 is 6.55. The van der Waals surface area contributed by atoms with Gasteiger partial charge in [0.25, 0.3) is 24.3 Å². The lowest BCUT2D eigenvalue weighted by molar-refractivity contribution is -0.141. The van der Waals surface area contributed by atoms with Crippen molar-refractivity contribution in [2.24, 2.45) is 5.92 Å². The second-order valence-electron chi connectivity index (χ2n) is 15.8. The molecular formula is C39H28ClF11N10O4S. The lowest BCUT2D eigenvalue weighted by Gasteiger charge is -2.24. The quantitative estimate of drug-likeness (QED) is 0.104. The van der Waals surface area contributed by atoms with Gasteiger partial charge < -0.3 is 5.32 Å². The molecule has 66 heavy (non-hydrogen) atoms. The normalized spacial score (nSPS) is 18.2. The highest BCUT2D eigenvalue weighted by molar-refractivity contribution is 7.93. The van der Waals surface area contributed by atoms with Gasteiger partial charge in [-0.1, -0.05) is 11.6 Å². The molecule has 2 N–H and O–H groups in total. The van der Waals surface area contributed by atoms with E-state index < -0.39 is 158 Å². The molecule has 3 atom stereocenters. The predicted molar refractivity (Wildman–Crippen MR) is 209 cm³/mol. The summed E-state index contributed by atoms with van der Waals surface area (Å²) in [5.74, 6) is -11.7. The molecule has 0 aliphatic heterocycles. The van der Waals surface area contributed by atoms with E-state index in [1.807, 2.05) is 0 Å². The van der Waals surface area contributed by atoms with Crippen LogP contribution in [-0.2, 0) is 46.4 Å². The minimum atomic E-state index is -5.06. The van der Waals surface area contributed by atoms with Gasteiger partial charge in [-0.3, -0.25) is 28.2 Å². The molecule has 6 aromatic rings. The number of benzene rings is 2. The van der Waals surface area contributed by atoms with Crippen molar-refractivity contribution < 1.29 is 61.5 Å². The first kappa shape index (κ1) is 45.0. The summed E-state index contributed by atoms with van der Waals surface area (Å²) in [5.41, 5.74) is -7.04. The predicted octanol–water partition coefficient (Wildman–Crippen LogP) is 7.60. The molecule has 2 aromatic carbocycles. The monoisotopic (exact) mass is 976 g/mol. The maximum atomic E-state index is 15.5.